The van der Waals surface area contributed by atoms with Crippen molar-refractivity contribution >= 4 is 5.70 Å². The molecule has 8 heteroatoms. The summed E-state index contributed by atoms with van der Waals surface area (Å²) in [4.78, 5) is 6.80. The molecule has 1 aromatic rings. The molecule has 2 saturated heterocycles. The van der Waals surface area contributed by atoms with Crippen LogP contribution in [0.2, 0.25) is 0 Å². The molecule has 30 heavy (non-hydrogen) atoms. The van der Waals surface area contributed by atoms with Crippen molar-refractivity contribution in [3.63, 3.8) is 0 Å². The number of halogens is 1. The van der Waals surface area contributed by atoms with Crippen molar-refractivity contribution in [3.05, 3.63) is 71.2 Å². The van der Waals surface area contributed by atoms with E-state index in [4.69, 9.17) is 17.2 Å². The van der Waals surface area contributed by atoms with Crippen molar-refractivity contribution in [2.24, 2.45) is 17.2 Å². The molecule has 3 aliphatic rings. The van der Waals surface area contributed by atoms with E-state index in [1.807, 2.05) is 0 Å². The highest BCUT2D eigenvalue weighted by molar-refractivity contribution is 5.70. The van der Waals surface area contributed by atoms with E-state index in [1.54, 1.807) is 6.08 Å². The van der Waals surface area contributed by atoms with Crippen molar-refractivity contribution in [1.29, 1.82) is 0 Å². The number of nitrogens with zero attached hydrogens (tertiary/aromatic N) is 3. The van der Waals surface area contributed by atoms with Gasteiger partial charge in [0.05, 0.1) is 5.70 Å². The Bertz CT molecular complexity index is 935. The number of benzene rings is 1. The van der Waals surface area contributed by atoms with Gasteiger partial charge in [-0.15, -0.1) is 0 Å². The van der Waals surface area contributed by atoms with Crippen LogP contribution >= 0.6 is 0 Å². The molecule has 2 bridgehead atoms. The van der Waals surface area contributed by atoms with E-state index in [9.17, 15) is 9.50 Å². The van der Waals surface area contributed by atoms with Crippen LogP contribution in [0.5, 0.6) is 5.75 Å². The average Bonchev–Trinajstić information content (AvgIpc) is 2.97. The first-order valence-corrected chi connectivity index (χ1v) is 10.2. The number of hydrogen-bond donors (Lipinski definition) is 4. The van der Waals surface area contributed by atoms with E-state index < -0.39 is 5.82 Å². The van der Waals surface area contributed by atoms with Crippen molar-refractivity contribution < 1.29 is 9.50 Å². The SMILES string of the molecule is CN1C=CC(N2C3CCC2CN(C(/C=C(\N)c2cc(F)ccc2O)=C(N)N)C3)=CC1. The van der Waals surface area contributed by atoms with Crippen LogP contribution in [0.15, 0.2) is 59.8 Å². The fraction of sp³-hybridized carbons (Fsp3) is 0.364. The van der Waals surface area contributed by atoms with Gasteiger partial charge in [0, 0.05) is 61.9 Å². The average molecular weight is 413 g/mol. The standard InChI is InChI=1S/C22H29FN6O/c1-27-8-6-15(7-9-27)29-16-3-4-17(29)13-28(12-16)20(22(25)26)11-19(24)18-10-14(23)2-5-21(18)30/h2,5-8,10-11,16-17,30H,3-4,9,12-13,24-26H2,1H3/b19-11-. The molecule has 2 fully saturated rings. The molecule has 7 nitrogen and oxygen atoms in total. The highest BCUT2D eigenvalue weighted by Crippen LogP contribution is 2.36. The van der Waals surface area contributed by atoms with Gasteiger partial charge in [0.2, 0.25) is 0 Å². The van der Waals surface area contributed by atoms with Gasteiger partial charge in [-0.2, -0.15) is 0 Å². The van der Waals surface area contributed by atoms with Crippen molar-refractivity contribution in [1.82, 2.24) is 14.7 Å². The second-order valence-electron chi connectivity index (χ2n) is 8.18. The molecule has 7 N–H and O–H groups in total. The Morgan fingerprint density at radius 2 is 1.87 bits per heavy atom. The number of phenolic OH excluding ortho intramolecular Hbond substituents is 1. The summed E-state index contributed by atoms with van der Waals surface area (Å²) in [5.74, 6) is -0.414. The third-order valence-corrected chi connectivity index (χ3v) is 6.07. The van der Waals surface area contributed by atoms with E-state index in [-0.39, 0.29) is 22.8 Å². The molecular formula is C22H29FN6O. The zero-order valence-corrected chi connectivity index (χ0v) is 17.1. The molecular weight excluding hydrogens is 383 g/mol. The van der Waals surface area contributed by atoms with Gasteiger partial charge in [-0.3, -0.25) is 0 Å². The predicted molar refractivity (Wildman–Crippen MR) is 116 cm³/mol. The smallest absolute Gasteiger partial charge is 0.125 e. The lowest BCUT2D eigenvalue weighted by molar-refractivity contribution is 0.123. The topological polar surface area (TPSA) is 108 Å². The van der Waals surface area contributed by atoms with E-state index in [0.29, 0.717) is 17.8 Å². The summed E-state index contributed by atoms with van der Waals surface area (Å²) >= 11 is 0. The quantitative estimate of drug-likeness (QED) is 0.554. The predicted octanol–water partition coefficient (Wildman–Crippen LogP) is 1.41. The zero-order valence-electron chi connectivity index (χ0n) is 17.1. The van der Waals surface area contributed by atoms with Gasteiger partial charge in [0.15, 0.2) is 0 Å². The summed E-state index contributed by atoms with van der Waals surface area (Å²) in [6, 6.07) is 4.38. The third-order valence-electron chi connectivity index (χ3n) is 6.07. The first-order chi connectivity index (χ1) is 14.3. The fourth-order valence-corrected chi connectivity index (χ4v) is 4.60. The molecule has 2 unspecified atom stereocenters. The minimum absolute atomic E-state index is 0.0917. The number of fused-ring (bicyclic) bond motifs is 2. The molecule has 3 aliphatic heterocycles. The Balaban J connectivity index is 1.57. The van der Waals surface area contributed by atoms with Gasteiger partial charge in [0.1, 0.15) is 17.4 Å². The summed E-state index contributed by atoms with van der Waals surface area (Å²) in [6.45, 7) is 2.44. The second-order valence-corrected chi connectivity index (χ2v) is 8.18. The summed E-state index contributed by atoms with van der Waals surface area (Å²) in [5, 5.41) is 10.1. The minimum Gasteiger partial charge on any atom is -0.507 e. The van der Waals surface area contributed by atoms with E-state index >= 15 is 0 Å². The number of nitrogens with two attached hydrogens (primary N) is 3. The van der Waals surface area contributed by atoms with Crippen LogP contribution in [0, 0.1) is 5.82 Å². The lowest BCUT2D eigenvalue weighted by atomic mass is 10.1. The molecule has 4 rings (SSSR count). The van der Waals surface area contributed by atoms with Crippen LogP contribution in [0.3, 0.4) is 0 Å². The van der Waals surface area contributed by atoms with Gasteiger partial charge in [-0.05, 0) is 49.3 Å². The van der Waals surface area contributed by atoms with Gasteiger partial charge in [-0.1, -0.05) is 0 Å². The van der Waals surface area contributed by atoms with Crippen LogP contribution in [0.25, 0.3) is 5.70 Å². The summed E-state index contributed by atoms with van der Waals surface area (Å²) in [6.07, 6.45) is 10.4. The normalized spacial score (nSPS) is 23.6. The summed E-state index contributed by atoms with van der Waals surface area (Å²) < 4.78 is 13.6. The minimum atomic E-state index is -0.475. The van der Waals surface area contributed by atoms with E-state index in [2.05, 4.69) is 40.1 Å². The molecule has 0 spiro atoms. The van der Waals surface area contributed by atoms with Gasteiger partial charge >= 0.3 is 0 Å². The molecule has 0 amide bonds. The number of likely N-dealkylation sites (N-methyl/N-ethyl adjacent to an activating group) is 1. The number of hydrogen-bond acceptors (Lipinski definition) is 7. The Kier molecular flexibility index (Phi) is 5.24. The van der Waals surface area contributed by atoms with Gasteiger partial charge < -0.3 is 37.0 Å². The number of aromatic hydroxyl groups is 1. The maximum Gasteiger partial charge on any atom is 0.125 e. The number of piperazine rings is 1. The lowest BCUT2D eigenvalue weighted by Gasteiger charge is -2.45. The maximum atomic E-state index is 13.6. The first-order valence-electron chi connectivity index (χ1n) is 10.2. The van der Waals surface area contributed by atoms with Crippen LogP contribution in [0.1, 0.15) is 18.4 Å². The highest BCUT2D eigenvalue weighted by atomic mass is 19.1. The highest BCUT2D eigenvalue weighted by Gasteiger charge is 2.41. The molecule has 3 heterocycles. The van der Waals surface area contributed by atoms with Gasteiger partial charge in [-0.25, -0.2) is 4.39 Å². The fourth-order valence-electron chi connectivity index (χ4n) is 4.60. The van der Waals surface area contributed by atoms with Crippen molar-refractivity contribution in [2.45, 2.75) is 24.9 Å². The number of phenols is 1. The lowest BCUT2D eigenvalue weighted by Crippen LogP contribution is -2.53. The Labute approximate surface area is 176 Å². The van der Waals surface area contributed by atoms with Crippen molar-refractivity contribution in [3.8, 4) is 5.75 Å². The molecule has 1 aromatic carbocycles. The Morgan fingerprint density at radius 3 is 2.47 bits per heavy atom. The molecule has 0 saturated carbocycles. The van der Waals surface area contributed by atoms with Crippen LogP contribution in [0.4, 0.5) is 4.39 Å². The molecule has 160 valence electrons. The van der Waals surface area contributed by atoms with Gasteiger partial charge in [0.25, 0.3) is 0 Å². The summed E-state index contributed by atoms with van der Waals surface area (Å²) in [7, 11) is 2.06. The second kappa shape index (κ2) is 7.85. The largest absolute Gasteiger partial charge is 0.507 e. The molecule has 0 radical (unpaired) electrons. The molecule has 0 aliphatic carbocycles. The van der Waals surface area contributed by atoms with Crippen LogP contribution < -0.4 is 17.2 Å². The summed E-state index contributed by atoms with van der Waals surface area (Å²) in [5.41, 5.74) is 20.5. The third kappa shape index (κ3) is 3.77. The Morgan fingerprint density at radius 1 is 1.17 bits per heavy atom. The van der Waals surface area contributed by atoms with E-state index in [0.717, 1.165) is 32.5 Å². The number of allylic oxidation sites excluding steroid dienone is 2. The maximum absolute atomic E-state index is 13.6. The van der Waals surface area contributed by atoms with E-state index in [1.165, 1.54) is 23.9 Å². The number of rotatable bonds is 4. The Hall–Kier alpha value is -3.29. The first kappa shape index (κ1) is 20.0. The van der Waals surface area contributed by atoms with Crippen molar-refractivity contribution in [2.75, 3.05) is 26.7 Å². The van der Waals surface area contributed by atoms with Crippen LogP contribution in [-0.4, -0.2) is 58.6 Å². The monoisotopic (exact) mass is 412 g/mol. The molecule has 2 atom stereocenters. The molecule has 0 aromatic heterocycles. The number of likely N-dealkylation sites (tertiary alicyclic amines) is 1. The zero-order chi connectivity index (χ0) is 21.4. The van der Waals surface area contributed by atoms with Crippen LogP contribution in [-0.2, 0) is 0 Å².